The van der Waals surface area contributed by atoms with E-state index in [9.17, 15) is 9.59 Å². The third-order valence-electron chi connectivity index (χ3n) is 6.92. The number of imidazole rings is 1. The van der Waals surface area contributed by atoms with Gasteiger partial charge in [-0.2, -0.15) is 0 Å². The summed E-state index contributed by atoms with van der Waals surface area (Å²) in [7, 11) is 3.22. The van der Waals surface area contributed by atoms with Crippen LogP contribution in [0, 0.1) is 0 Å². The highest BCUT2D eigenvalue weighted by Gasteiger charge is 2.24. The van der Waals surface area contributed by atoms with Gasteiger partial charge in [-0.1, -0.05) is 48.9 Å². The first-order valence-electron chi connectivity index (χ1n) is 11.3. The number of aromatic nitrogens is 4. The molecule has 32 heavy (non-hydrogen) atoms. The standard InChI is InChI=1S/C25H29N5O2/c1-17-9-6-7-14-29(17)16-21-26-23-22(24(31)28(3)25(32)27(23)2)30(21)15-19-12-8-11-18-10-4-5-13-20(18)19/h4-5,8,10-13,17H,6-7,9,14-16H2,1-3H3/t17-/m0/s1. The average Bonchev–Trinajstić information content (AvgIpc) is 3.16. The zero-order valence-corrected chi connectivity index (χ0v) is 18.9. The quantitative estimate of drug-likeness (QED) is 0.498. The summed E-state index contributed by atoms with van der Waals surface area (Å²) < 4.78 is 4.69. The lowest BCUT2D eigenvalue weighted by Crippen LogP contribution is -2.38. The highest BCUT2D eigenvalue weighted by atomic mass is 16.2. The Bertz CT molecular complexity index is 1420. The number of hydrogen-bond acceptors (Lipinski definition) is 4. The molecule has 0 aliphatic carbocycles. The topological polar surface area (TPSA) is 65.1 Å². The van der Waals surface area contributed by atoms with Crippen LogP contribution in [0.5, 0.6) is 0 Å². The number of piperidine rings is 1. The minimum atomic E-state index is -0.352. The lowest BCUT2D eigenvalue weighted by atomic mass is 10.0. The Kier molecular flexibility index (Phi) is 5.21. The Balaban J connectivity index is 1.71. The number of aryl methyl sites for hydroxylation is 1. The van der Waals surface area contributed by atoms with Gasteiger partial charge in [-0.3, -0.25) is 18.8 Å². The molecule has 3 heterocycles. The highest BCUT2D eigenvalue weighted by molar-refractivity contribution is 5.85. The minimum absolute atomic E-state index is 0.297. The van der Waals surface area contributed by atoms with Gasteiger partial charge in [0.15, 0.2) is 11.2 Å². The molecule has 1 atom stereocenters. The van der Waals surface area contributed by atoms with E-state index in [0.29, 0.717) is 30.3 Å². The van der Waals surface area contributed by atoms with Crippen molar-refractivity contribution in [2.45, 2.75) is 45.3 Å². The van der Waals surface area contributed by atoms with Crippen LogP contribution in [0.3, 0.4) is 0 Å². The van der Waals surface area contributed by atoms with Crippen molar-refractivity contribution in [3.63, 3.8) is 0 Å². The minimum Gasteiger partial charge on any atom is -0.317 e. The van der Waals surface area contributed by atoms with Crippen molar-refractivity contribution < 1.29 is 0 Å². The van der Waals surface area contributed by atoms with Crippen molar-refractivity contribution in [2.75, 3.05) is 6.54 Å². The molecule has 0 saturated carbocycles. The molecule has 0 unspecified atom stereocenters. The van der Waals surface area contributed by atoms with Gasteiger partial charge >= 0.3 is 5.69 Å². The smallest absolute Gasteiger partial charge is 0.317 e. The molecule has 166 valence electrons. The van der Waals surface area contributed by atoms with Gasteiger partial charge in [0.05, 0.1) is 13.1 Å². The van der Waals surface area contributed by atoms with Crippen LogP contribution in [0.4, 0.5) is 0 Å². The summed E-state index contributed by atoms with van der Waals surface area (Å²) in [5.41, 5.74) is 1.43. The normalized spacial score (nSPS) is 17.4. The molecular formula is C25H29N5O2. The van der Waals surface area contributed by atoms with Gasteiger partial charge in [0.1, 0.15) is 5.82 Å². The van der Waals surface area contributed by atoms with E-state index in [1.54, 1.807) is 7.05 Å². The maximum absolute atomic E-state index is 13.2. The first-order valence-corrected chi connectivity index (χ1v) is 11.3. The van der Waals surface area contributed by atoms with E-state index >= 15 is 0 Å². The van der Waals surface area contributed by atoms with Crippen molar-refractivity contribution in [1.29, 1.82) is 0 Å². The van der Waals surface area contributed by atoms with E-state index in [2.05, 4.69) is 42.2 Å². The lowest BCUT2D eigenvalue weighted by Gasteiger charge is -2.33. The van der Waals surface area contributed by atoms with Crippen LogP contribution in [-0.4, -0.2) is 36.2 Å². The van der Waals surface area contributed by atoms with Crippen LogP contribution in [0.25, 0.3) is 21.9 Å². The number of likely N-dealkylation sites (tertiary alicyclic amines) is 1. The predicted molar refractivity (Wildman–Crippen MR) is 127 cm³/mol. The first-order chi connectivity index (χ1) is 15.5. The summed E-state index contributed by atoms with van der Waals surface area (Å²) in [5.74, 6) is 0.833. The fraction of sp³-hybridized carbons (Fsp3) is 0.400. The second-order valence-corrected chi connectivity index (χ2v) is 8.95. The van der Waals surface area contributed by atoms with Crippen molar-refractivity contribution in [3.05, 3.63) is 74.7 Å². The summed E-state index contributed by atoms with van der Waals surface area (Å²) in [6, 6.07) is 15.0. The zero-order valence-electron chi connectivity index (χ0n) is 18.9. The van der Waals surface area contributed by atoms with Gasteiger partial charge in [-0.25, -0.2) is 9.78 Å². The Morgan fingerprint density at radius 2 is 1.75 bits per heavy atom. The molecule has 0 amide bonds. The van der Waals surface area contributed by atoms with Crippen LogP contribution >= 0.6 is 0 Å². The molecule has 1 aliphatic rings. The molecular weight excluding hydrogens is 402 g/mol. The number of benzene rings is 2. The van der Waals surface area contributed by atoms with Crippen LogP contribution in [0.2, 0.25) is 0 Å². The van der Waals surface area contributed by atoms with E-state index in [4.69, 9.17) is 4.98 Å². The van der Waals surface area contributed by atoms with E-state index in [1.807, 2.05) is 16.7 Å². The van der Waals surface area contributed by atoms with Gasteiger partial charge in [-0.15, -0.1) is 0 Å². The molecule has 1 fully saturated rings. The average molecular weight is 432 g/mol. The van der Waals surface area contributed by atoms with Crippen LogP contribution in [-0.2, 0) is 27.2 Å². The lowest BCUT2D eigenvalue weighted by molar-refractivity contribution is 0.147. The highest BCUT2D eigenvalue weighted by Crippen LogP contribution is 2.24. The van der Waals surface area contributed by atoms with E-state index in [0.717, 1.165) is 23.3 Å². The van der Waals surface area contributed by atoms with Crippen LogP contribution in [0.1, 0.15) is 37.6 Å². The molecule has 1 saturated heterocycles. The molecule has 0 N–H and O–H groups in total. The molecule has 7 nitrogen and oxygen atoms in total. The summed E-state index contributed by atoms with van der Waals surface area (Å²) >= 11 is 0. The third-order valence-corrected chi connectivity index (χ3v) is 6.92. The van der Waals surface area contributed by atoms with Gasteiger partial charge in [0.2, 0.25) is 0 Å². The van der Waals surface area contributed by atoms with E-state index in [1.165, 1.54) is 40.8 Å². The number of rotatable bonds is 4. The predicted octanol–water partition coefficient (Wildman–Crippen LogP) is 3.01. The summed E-state index contributed by atoms with van der Waals surface area (Å²) in [5, 5.41) is 2.33. The summed E-state index contributed by atoms with van der Waals surface area (Å²) in [6.45, 7) is 4.47. The SMILES string of the molecule is C[C@H]1CCCCN1Cc1nc2c(c(=O)n(C)c(=O)n2C)n1Cc1cccc2ccccc12. The monoisotopic (exact) mass is 431 g/mol. The van der Waals surface area contributed by atoms with Gasteiger partial charge in [-0.05, 0) is 42.6 Å². The Hall–Kier alpha value is -3.19. The van der Waals surface area contributed by atoms with Crippen molar-refractivity contribution in [2.24, 2.45) is 14.1 Å². The molecule has 4 aromatic rings. The third kappa shape index (κ3) is 3.37. The largest absolute Gasteiger partial charge is 0.332 e. The molecule has 0 radical (unpaired) electrons. The van der Waals surface area contributed by atoms with E-state index in [-0.39, 0.29) is 11.2 Å². The molecule has 1 aliphatic heterocycles. The second kappa shape index (κ2) is 8.06. The second-order valence-electron chi connectivity index (χ2n) is 8.95. The van der Waals surface area contributed by atoms with Gasteiger partial charge in [0.25, 0.3) is 5.56 Å². The van der Waals surface area contributed by atoms with Crippen molar-refractivity contribution in [3.8, 4) is 0 Å². The zero-order chi connectivity index (χ0) is 22.4. The fourth-order valence-electron chi connectivity index (χ4n) is 4.96. The molecule has 2 aromatic carbocycles. The van der Waals surface area contributed by atoms with Gasteiger partial charge in [0, 0.05) is 20.1 Å². The van der Waals surface area contributed by atoms with Crippen molar-refractivity contribution >= 4 is 21.9 Å². The molecule has 5 rings (SSSR count). The number of nitrogens with zero attached hydrogens (tertiary/aromatic N) is 5. The number of fused-ring (bicyclic) bond motifs is 2. The van der Waals surface area contributed by atoms with Gasteiger partial charge < -0.3 is 4.57 Å². The Morgan fingerprint density at radius 3 is 2.56 bits per heavy atom. The molecule has 2 aromatic heterocycles. The molecule has 0 spiro atoms. The number of hydrogen-bond donors (Lipinski definition) is 0. The first kappa shape index (κ1) is 20.7. The maximum atomic E-state index is 13.2. The Morgan fingerprint density at radius 1 is 0.969 bits per heavy atom. The maximum Gasteiger partial charge on any atom is 0.332 e. The Labute approximate surface area is 186 Å². The molecule has 7 heteroatoms. The summed E-state index contributed by atoms with van der Waals surface area (Å²) in [4.78, 5) is 33.1. The van der Waals surface area contributed by atoms with Crippen LogP contribution < -0.4 is 11.2 Å². The summed E-state index contributed by atoms with van der Waals surface area (Å²) in [6.07, 6.45) is 3.59. The van der Waals surface area contributed by atoms with Crippen molar-refractivity contribution in [1.82, 2.24) is 23.6 Å². The van der Waals surface area contributed by atoms with E-state index < -0.39 is 0 Å². The molecule has 0 bridgehead atoms. The van der Waals surface area contributed by atoms with Crippen LogP contribution in [0.15, 0.2) is 52.1 Å². The fourth-order valence-corrected chi connectivity index (χ4v) is 4.96.